The number of pyridine rings is 1. The highest BCUT2D eigenvalue weighted by molar-refractivity contribution is 7.90. The van der Waals surface area contributed by atoms with Gasteiger partial charge in [-0.2, -0.15) is 0 Å². The lowest BCUT2D eigenvalue weighted by Crippen LogP contribution is -2.30. The molecular formula is C24H32F2N4O5SSi. The number of sulfone groups is 1. The molecule has 0 atom stereocenters. The molecule has 2 N–H and O–H groups in total. The maximum absolute atomic E-state index is 14.8. The van der Waals surface area contributed by atoms with Gasteiger partial charge in [-0.25, -0.2) is 27.0 Å². The quantitative estimate of drug-likeness (QED) is 0.241. The van der Waals surface area contributed by atoms with Crippen molar-refractivity contribution in [2.75, 3.05) is 30.5 Å². The number of hydrogen-bond donors (Lipinski definition) is 2. The van der Waals surface area contributed by atoms with E-state index >= 15 is 0 Å². The van der Waals surface area contributed by atoms with E-state index in [0.29, 0.717) is 24.4 Å². The first-order valence-electron chi connectivity index (χ1n) is 11.7. The molecule has 2 aromatic heterocycles. The lowest BCUT2D eigenvalue weighted by Gasteiger charge is -2.15. The topological polar surface area (TPSA) is 112 Å². The van der Waals surface area contributed by atoms with Crippen LogP contribution in [-0.4, -0.2) is 57.2 Å². The zero-order valence-corrected chi connectivity index (χ0v) is 23.1. The molecule has 13 heteroatoms. The Balaban J connectivity index is 1.65. The third kappa shape index (κ3) is 8.79. The first kappa shape index (κ1) is 28.5. The zero-order chi connectivity index (χ0) is 27.2. The Morgan fingerprint density at radius 1 is 1.16 bits per heavy atom. The van der Waals surface area contributed by atoms with E-state index in [0.717, 1.165) is 24.4 Å². The lowest BCUT2D eigenvalue weighted by molar-refractivity contribution is 0.0899. The predicted molar refractivity (Wildman–Crippen MR) is 142 cm³/mol. The third-order valence-electron chi connectivity index (χ3n) is 5.29. The Morgan fingerprint density at radius 2 is 1.86 bits per heavy atom. The Morgan fingerprint density at radius 3 is 2.51 bits per heavy atom. The third-order valence-corrected chi connectivity index (χ3v) is 8.03. The Kier molecular flexibility index (Phi) is 9.26. The van der Waals surface area contributed by atoms with Crippen LogP contribution in [0.5, 0.6) is 11.5 Å². The van der Waals surface area contributed by atoms with Gasteiger partial charge in [0.05, 0.1) is 11.1 Å². The Bertz CT molecular complexity index is 1340. The number of amides is 2. The highest BCUT2D eigenvalue weighted by atomic mass is 32.2. The molecule has 2 amide bonds. The van der Waals surface area contributed by atoms with E-state index < -0.39 is 41.3 Å². The summed E-state index contributed by atoms with van der Waals surface area (Å²) in [6, 6.07) is 5.43. The average molecular weight is 555 g/mol. The van der Waals surface area contributed by atoms with Crippen molar-refractivity contribution in [1.29, 1.82) is 0 Å². The van der Waals surface area contributed by atoms with Gasteiger partial charge in [-0.05, 0) is 24.6 Å². The highest BCUT2D eigenvalue weighted by Crippen LogP contribution is 2.34. The summed E-state index contributed by atoms with van der Waals surface area (Å²) in [7, 11) is -4.35. The number of nitrogens with zero attached hydrogens (tertiary/aromatic N) is 2. The second-order valence-corrected chi connectivity index (χ2v) is 17.8. The molecule has 0 radical (unpaired) electrons. The minimum absolute atomic E-state index is 0.0835. The first-order chi connectivity index (χ1) is 17.3. The fourth-order valence-corrected chi connectivity index (χ4v) is 4.78. The van der Waals surface area contributed by atoms with Gasteiger partial charge in [0.1, 0.15) is 28.0 Å². The summed E-state index contributed by atoms with van der Waals surface area (Å²) < 4.78 is 64.9. The van der Waals surface area contributed by atoms with Crippen molar-refractivity contribution >= 4 is 40.7 Å². The van der Waals surface area contributed by atoms with Crippen LogP contribution in [-0.2, 0) is 21.3 Å². The van der Waals surface area contributed by atoms with E-state index in [9.17, 15) is 22.0 Å². The van der Waals surface area contributed by atoms with Crippen molar-refractivity contribution in [2.45, 2.75) is 38.8 Å². The van der Waals surface area contributed by atoms with Crippen LogP contribution in [0.2, 0.25) is 25.7 Å². The van der Waals surface area contributed by atoms with Crippen molar-refractivity contribution in [3.63, 3.8) is 0 Å². The fourth-order valence-electron chi connectivity index (χ4n) is 3.35. The molecule has 0 fully saturated rings. The molecular weight excluding hydrogens is 522 g/mol. The van der Waals surface area contributed by atoms with E-state index in [1.165, 1.54) is 12.3 Å². The second-order valence-electron chi connectivity index (χ2n) is 9.92. The molecule has 1 aromatic carbocycles. The summed E-state index contributed by atoms with van der Waals surface area (Å²) in [5.74, 6) is -2.50. The average Bonchev–Trinajstić information content (AvgIpc) is 3.19. The molecule has 202 valence electrons. The van der Waals surface area contributed by atoms with Crippen LogP contribution in [0, 0.1) is 11.6 Å². The zero-order valence-electron chi connectivity index (χ0n) is 21.3. The van der Waals surface area contributed by atoms with Crippen LogP contribution in [0.25, 0.3) is 11.0 Å². The Labute approximate surface area is 216 Å². The van der Waals surface area contributed by atoms with Gasteiger partial charge >= 0.3 is 6.03 Å². The minimum atomic E-state index is -3.14. The lowest BCUT2D eigenvalue weighted by atomic mass is 10.2. The van der Waals surface area contributed by atoms with Crippen molar-refractivity contribution in [3.8, 4) is 11.5 Å². The molecule has 3 aromatic rings. The largest absolute Gasteiger partial charge is 0.450 e. The number of aromatic nitrogens is 2. The molecule has 0 spiro atoms. The smallest absolute Gasteiger partial charge is 0.319 e. The number of nitrogens with one attached hydrogen (secondary N) is 2. The van der Waals surface area contributed by atoms with Crippen LogP contribution in [0.4, 0.5) is 19.3 Å². The van der Waals surface area contributed by atoms with Gasteiger partial charge in [0, 0.05) is 57.7 Å². The number of rotatable bonds is 12. The number of ether oxygens (including phenoxy) is 2. The molecule has 0 bridgehead atoms. The highest BCUT2D eigenvalue weighted by Gasteiger charge is 2.18. The summed E-state index contributed by atoms with van der Waals surface area (Å²) >= 11 is 0. The van der Waals surface area contributed by atoms with Crippen molar-refractivity contribution < 1.29 is 31.5 Å². The maximum atomic E-state index is 14.8. The van der Waals surface area contributed by atoms with Gasteiger partial charge in [0.25, 0.3) is 0 Å². The van der Waals surface area contributed by atoms with Gasteiger partial charge in [-0.3, -0.25) is 0 Å². The first-order valence-corrected chi connectivity index (χ1v) is 17.5. The van der Waals surface area contributed by atoms with E-state index in [-0.39, 0.29) is 30.2 Å². The number of anilines is 1. The van der Waals surface area contributed by atoms with E-state index in [1.54, 1.807) is 16.8 Å². The van der Waals surface area contributed by atoms with Gasteiger partial charge in [-0.1, -0.05) is 19.6 Å². The molecule has 0 saturated carbocycles. The van der Waals surface area contributed by atoms with Crippen LogP contribution >= 0.6 is 0 Å². The molecule has 37 heavy (non-hydrogen) atoms. The van der Waals surface area contributed by atoms with Crippen LogP contribution in [0.3, 0.4) is 0 Å². The molecule has 0 unspecified atom stereocenters. The molecule has 3 rings (SSSR count). The fraction of sp³-hybridized carbons (Fsp3) is 0.417. The number of carbonyl (C=O) groups excluding carboxylic acids is 1. The number of halogens is 2. The molecule has 0 saturated heterocycles. The van der Waals surface area contributed by atoms with Crippen molar-refractivity contribution in [1.82, 2.24) is 14.9 Å². The van der Waals surface area contributed by atoms with Gasteiger partial charge in [0.2, 0.25) is 0 Å². The molecule has 0 aliphatic rings. The summed E-state index contributed by atoms with van der Waals surface area (Å²) in [6.45, 7) is 7.84. The van der Waals surface area contributed by atoms with Crippen LogP contribution < -0.4 is 15.4 Å². The SMILES string of the molecule is C[Si](C)(C)CCOCn1ccc2c(Oc3c(F)cc(NC(=O)NCCCS(C)(=O)=O)cc3F)ccnc21. The summed E-state index contributed by atoms with van der Waals surface area (Å²) in [5.41, 5.74) is 0.432. The molecule has 0 aliphatic carbocycles. The van der Waals surface area contributed by atoms with Gasteiger partial charge < -0.3 is 24.7 Å². The molecule has 0 aliphatic heterocycles. The van der Waals surface area contributed by atoms with Crippen LogP contribution in [0.15, 0.2) is 36.7 Å². The number of urea groups is 1. The van der Waals surface area contributed by atoms with Gasteiger partial charge in [0.15, 0.2) is 17.4 Å². The van der Waals surface area contributed by atoms with Crippen molar-refractivity contribution in [3.05, 3.63) is 48.3 Å². The maximum Gasteiger partial charge on any atom is 0.319 e. The number of fused-ring (bicyclic) bond motifs is 1. The second kappa shape index (κ2) is 12.0. The number of benzene rings is 1. The molecule has 2 heterocycles. The summed E-state index contributed by atoms with van der Waals surface area (Å²) in [4.78, 5) is 16.3. The van der Waals surface area contributed by atoms with Crippen molar-refractivity contribution in [2.24, 2.45) is 0 Å². The minimum Gasteiger partial charge on any atom is -0.450 e. The monoisotopic (exact) mass is 554 g/mol. The number of hydrogen-bond acceptors (Lipinski definition) is 6. The van der Waals surface area contributed by atoms with Gasteiger partial charge in [-0.15, -0.1) is 0 Å². The molecule has 9 nitrogen and oxygen atoms in total. The normalized spacial score (nSPS) is 12.1. The number of carbonyl (C=O) groups is 1. The van der Waals surface area contributed by atoms with E-state index in [1.807, 2.05) is 0 Å². The van der Waals surface area contributed by atoms with E-state index in [4.69, 9.17) is 9.47 Å². The predicted octanol–water partition coefficient (Wildman–Crippen LogP) is 4.98. The summed E-state index contributed by atoms with van der Waals surface area (Å²) in [6.07, 6.45) is 4.57. The Hall–Kier alpha value is -3.03. The summed E-state index contributed by atoms with van der Waals surface area (Å²) in [5, 5.41) is 5.32. The van der Waals surface area contributed by atoms with E-state index in [2.05, 4.69) is 35.3 Å². The standard InChI is InChI=1S/C24H32F2N4O5SSi/c1-36(32,33)12-5-8-28-24(31)29-17-14-19(25)22(20(26)15-17)35-21-6-9-27-23-18(21)7-10-30(23)16-34-11-13-37(2,3)4/h6-7,9-10,14-15H,5,8,11-13,16H2,1-4H3,(H2,28,29,31). The van der Waals surface area contributed by atoms with Crippen LogP contribution in [0.1, 0.15) is 6.42 Å².